The first-order chi connectivity index (χ1) is 8.51. The smallest absolute Gasteiger partial charge is 0.157 e. The average molecular weight is 245 g/mol. The van der Waals surface area contributed by atoms with Crippen LogP contribution in [0.5, 0.6) is 5.75 Å². The second kappa shape index (κ2) is 6.20. The van der Waals surface area contributed by atoms with Gasteiger partial charge in [-0.1, -0.05) is 32.9 Å². The Balaban J connectivity index is 2.96. The van der Waals surface area contributed by atoms with Crippen molar-refractivity contribution in [2.45, 2.75) is 26.7 Å². The van der Waals surface area contributed by atoms with Crippen molar-refractivity contribution in [3.8, 4) is 11.8 Å². The van der Waals surface area contributed by atoms with E-state index in [-0.39, 0.29) is 17.6 Å². The standard InChI is InChI=1S/C15H19NO2/c1-10(2)11(3)15(17)14(9-16)12-5-7-13(18-4)8-6-12/h5-8,10-11,14H,1-4H3. The lowest BCUT2D eigenvalue weighted by molar-refractivity contribution is -0.123. The zero-order valence-electron chi connectivity index (χ0n) is 11.3. The Hall–Kier alpha value is -1.82. The van der Waals surface area contributed by atoms with Gasteiger partial charge in [0.1, 0.15) is 11.7 Å². The van der Waals surface area contributed by atoms with Gasteiger partial charge in [0.25, 0.3) is 0 Å². The predicted octanol–water partition coefficient (Wildman–Crippen LogP) is 3.16. The fourth-order valence-electron chi connectivity index (χ4n) is 1.69. The van der Waals surface area contributed by atoms with E-state index in [9.17, 15) is 10.1 Å². The number of nitrogens with zero attached hydrogens (tertiary/aromatic N) is 1. The zero-order valence-corrected chi connectivity index (χ0v) is 11.3. The summed E-state index contributed by atoms with van der Waals surface area (Å²) in [5.41, 5.74) is 0.732. The summed E-state index contributed by atoms with van der Waals surface area (Å²) in [6.45, 7) is 5.86. The number of rotatable bonds is 5. The molecule has 0 spiro atoms. The maximum atomic E-state index is 12.2. The number of benzene rings is 1. The highest BCUT2D eigenvalue weighted by Crippen LogP contribution is 2.25. The van der Waals surface area contributed by atoms with Crippen LogP contribution in [0, 0.1) is 23.2 Å². The summed E-state index contributed by atoms with van der Waals surface area (Å²) < 4.78 is 5.06. The van der Waals surface area contributed by atoms with Crippen LogP contribution in [0.25, 0.3) is 0 Å². The van der Waals surface area contributed by atoms with Gasteiger partial charge in [0.15, 0.2) is 5.78 Å². The van der Waals surface area contributed by atoms with E-state index in [0.29, 0.717) is 0 Å². The van der Waals surface area contributed by atoms with Gasteiger partial charge in [-0.25, -0.2) is 0 Å². The fourth-order valence-corrected chi connectivity index (χ4v) is 1.69. The van der Waals surface area contributed by atoms with Crippen LogP contribution in [0.15, 0.2) is 24.3 Å². The van der Waals surface area contributed by atoms with Crippen LogP contribution >= 0.6 is 0 Å². The van der Waals surface area contributed by atoms with E-state index < -0.39 is 5.92 Å². The molecule has 0 heterocycles. The molecule has 0 radical (unpaired) electrons. The van der Waals surface area contributed by atoms with Crippen LogP contribution in [-0.4, -0.2) is 12.9 Å². The van der Waals surface area contributed by atoms with Gasteiger partial charge in [0.2, 0.25) is 0 Å². The van der Waals surface area contributed by atoms with Crippen molar-refractivity contribution in [3.63, 3.8) is 0 Å². The Kier molecular flexibility index (Phi) is 4.91. The number of carbonyl (C=O) groups excluding carboxylic acids is 1. The lowest BCUT2D eigenvalue weighted by atomic mass is 9.84. The Morgan fingerprint density at radius 3 is 2.17 bits per heavy atom. The molecule has 3 nitrogen and oxygen atoms in total. The fraction of sp³-hybridized carbons (Fsp3) is 0.467. The molecule has 0 aliphatic rings. The minimum atomic E-state index is -0.687. The maximum absolute atomic E-state index is 12.2. The van der Waals surface area contributed by atoms with Crippen LogP contribution < -0.4 is 4.74 Å². The van der Waals surface area contributed by atoms with E-state index in [1.165, 1.54) is 0 Å². The van der Waals surface area contributed by atoms with E-state index in [0.717, 1.165) is 11.3 Å². The van der Waals surface area contributed by atoms with Crippen LogP contribution in [-0.2, 0) is 4.79 Å². The predicted molar refractivity (Wildman–Crippen MR) is 70.4 cm³/mol. The van der Waals surface area contributed by atoms with Gasteiger partial charge in [-0.05, 0) is 23.6 Å². The first kappa shape index (κ1) is 14.2. The summed E-state index contributed by atoms with van der Waals surface area (Å²) >= 11 is 0. The molecule has 3 heteroatoms. The summed E-state index contributed by atoms with van der Waals surface area (Å²) in [7, 11) is 1.59. The van der Waals surface area contributed by atoms with Crippen molar-refractivity contribution in [2.24, 2.45) is 11.8 Å². The number of ketones is 1. The van der Waals surface area contributed by atoms with Crippen molar-refractivity contribution in [1.29, 1.82) is 5.26 Å². The molecule has 18 heavy (non-hydrogen) atoms. The van der Waals surface area contributed by atoms with E-state index in [1.807, 2.05) is 20.8 Å². The van der Waals surface area contributed by atoms with Crippen molar-refractivity contribution in [2.75, 3.05) is 7.11 Å². The quantitative estimate of drug-likeness (QED) is 0.800. The van der Waals surface area contributed by atoms with Crippen LogP contribution in [0.4, 0.5) is 0 Å². The molecule has 0 saturated heterocycles. The Morgan fingerprint density at radius 1 is 1.22 bits per heavy atom. The third kappa shape index (κ3) is 3.10. The molecule has 0 aliphatic heterocycles. The molecule has 0 bridgehead atoms. The molecule has 96 valence electrons. The summed E-state index contributed by atoms with van der Waals surface area (Å²) in [6.07, 6.45) is 0. The summed E-state index contributed by atoms with van der Waals surface area (Å²) in [5.74, 6) is 0.147. The van der Waals surface area contributed by atoms with E-state index in [1.54, 1.807) is 31.4 Å². The number of methoxy groups -OCH3 is 1. The van der Waals surface area contributed by atoms with E-state index in [2.05, 4.69) is 6.07 Å². The third-order valence-electron chi connectivity index (χ3n) is 3.31. The molecule has 0 saturated carbocycles. The molecule has 1 aromatic rings. The second-order valence-corrected chi connectivity index (χ2v) is 4.77. The number of Topliss-reactive ketones (excluding diaryl/α,β-unsaturated/α-hetero) is 1. The summed E-state index contributed by atoms with van der Waals surface area (Å²) in [6, 6.07) is 9.19. The summed E-state index contributed by atoms with van der Waals surface area (Å²) in [5, 5.41) is 9.20. The van der Waals surface area contributed by atoms with Gasteiger partial charge in [-0.15, -0.1) is 0 Å². The maximum Gasteiger partial charge on any atom is 0.157 e. The molecule has 1 rings (SSSR count). The lowest BCUT2D eigenvalue weighted by Crippen LogP contribution is -2.23. The van der Waals surface area contributed by atoms with Crippen LogP contribution in [0.1, 0.15) is 32.3 Å². The topological polar surface area (TPSA) is 50.1 Å². The number of hydrogen-bond acceptors (Lipinski definition) is 3. The summed E-state index contributed by atoms with van der Waals surface area (Å²) in [4.78, 5) is 12.2. The molecule has 2 unspecified atom stereocenters. The molecule has 0 fully saturated rings. The van der Waals surface area contributed by atoms with Crippen molar-refractivity contribution in [3.05, 3.63) is 29.8 Å². The van der Waals surface area contributed by atoms with Gasteiger partial charge in [-0.3, -0.25) is 4.79 Å². The molecular formula is C15H19NO2. The molecule has 0 amide bonds. The second-order valence-electron chi connectivity index (χ2n) is 4.77. The Morgan fingerprint density at radius 2 is 1.78 bits per heavy atom. The lowest BCUT2D eigenvalue weighted by Gasteiger charge is -2.17. The number of carbonyl (C=O) groups is 1. The minimum absolute atomic E-state index is 0.0160. The van der Waals surface area contributed by atoms with Crippen molar-refractivity contribution >= 4 is 5.78 Å². The van der Waals surface area contributed by atoms with Gasteiger partial charge in [0.05, 0.1) is 13.2 Å². The highest BCUT2D eigenvalue weighted by atomic mass is 16.5. The van der Waals surface area contributed by atoms with Gasteiger partial charge >= 0.3 is 0 Å². The Labute approximate surface area is 108 Å². The molecule has 1 aromatic carbocycles. The highest BCUT2D eigenvalue weighted by molar-refractivity contribution is 5.90. The first-order valence-electron chi connectivity index (χ1n) is 6.08. The molecule has 0 N–H and O–H groups in total. The first-order valence-corrected chi connectivity index (χ1v) is 6.08. The Bertz CT molecular complexity index is 443. The zero-order chi connectivity index (χ0) is 13.7. The van der Waals surface area contributed by atoms with E-state index in [4.69, 9.17) is 4.74 Å². The monoisotopic (exact) mass is 245 g/mol. The molecular weight excluding hydrogens is 226 g/mol. The highest BCUT2D eigenvalue weighted by Gasteiger charge is 2.27. The van der Waals surface area contributed by atoms with E-state index >= 15 is 0 Å². The van der Waals surface area contributed by atoms with Gasteiger partial charge in [0, 0.05) is 5.92 Å². The number of ether oxygens (including phenoxy) is 1. The average Bonchev–Trinajstić information content (AvgIpc) is 2.39. The third-order valence-corrected chi connectivity index (χ3v) is 3.31. The molecule has 0 aromatic heterocycles. The number of nitriles is 1. The SMILES string of the molecule is COc1ccc(C(C#N)C(=O)C(C)C(C)C)cc1. The largest absolute Gasteiger partial charge is 0.497 e. The van der Waals surface area contributed by atoms with Crippen molar-refractivity contribution < 1.29 is 9.53 Å². The van der Waals surface area contributed by atoms with Gasteiger partial charge in [-0.2, -0.15) is 5.26 Å². The minimum Gasteiger partial charge on any atom is -0.497 e. The van der Waals surface area contributed by atoms with Crippen LogP contribution in [0.2, 0.25) is 0 Å². The number of hydrogen-bond donors (Lipinski definition) is 0. The molecule has 2 atom stereocenters. The van der Waals surface area contributed by atoms with Crippen LogP contribution in [0.3, 0.4) is 0 Å². The normalized spacial score (nSPS) is 13.8. The molecule has 0 aliphatic carbocycles. The van der Waals surface area contributed by atoms with Crippen molar-refractivity contribution in [1.82, 2.24) is 0 Å². The van der Waals surface area contributed by atoms with Gasteiger partial charge < -0.3 is 4.74 Å².